The molecule has 0 radical (unpaired) electrons. The fourth-order valence-electron chi connectivity index (χ4n) is 1.96. The van der Waals surface area contributed by atoms with Crippen LogP contribution in [0.1, 0.15) is 19.4 Å². The van der Waals surface area contributed by atoms with Crippen LogP contribution in [0, 0.1) is 0 Å². The molecule has 1 unspecified atom stereocenters. The smallest absolute Gasteiger partial charge is 0.387 e. The van der Waals surface area contributed by atoms with Gasteiger partial charge in [-0.25, -0.2) is 0 Å². The van der Waals surface area contributed by atoms with Gasteiger partial charge in [-0.2, -0.15) is 8.78 Å². The zero-order valence-electron chi connectivity index (χ0n) is 13.3. The molecular weight excluding hydrogens is 308 g/mol. The molecule has 5 nitrogen and oxygen atoms in total. The van der Waals surface area contributed by atoms with Crippen molar-refractivity contribution in [1.29, 1.82) is 0 Å². The van der Waals surface area contributed by atoms with Gasteiger partial charge in [-0.05, 0) is 25.5 Å². The molecule has 1 atom stereocenters. The van der Waals surface area contributed by atoms with Gasteiger partial charge in [0.15, 0.2) is 0 Å². The molecule has 0 fully saturated rings. The third-order valence-electron chi connectivity index (χ3n) is 2.97. The molecule has 0 aliphatic rings. The summed E-state index contributed by atoms with van der Waals surface area (Å²) in [6.45, 7) is 0.265. The van der Waals surface area contributed by atoms with E-state index in [0.717, 1.165) is 0 Å². The number of rotatable bonds is 8. The molecule has 23 heavy (non-hydrogen) atoms. The Kier molecular flexibility index (Phi) is 7.12. The highest BCUT2D eigenvalue weighted by Gasteiger charge is 2.20. The van der Waals surface area contributed by atoms with Crippen molar-refractivity contribution in [2.24, 2.45) is 0 Å². The number of hydrogen-bond acceptors (Lipinski definition) is 4. The van der Waals surface area contributed by atoms with Gasteiger partial charge in [0, 0.05) is 25.3 Å². The summed E-state index contributed by atoms with van der Waals surface area (Å²) in [5.41, 5.74) is -0.334. The molecular formula is C16H21F2NO4. The Labute approximate surface area is 133 Å². The summed E-state index contributed by atoms with van der Waals surface area (Å²) < 4.78 is 34.1. The van der Waals surface area contributed by atoms with E-state index in [1.807, 2.05) is 0 Å². The summed E-state index contributed by atoms with van der Waals surface area (Å²) in [6, 6.07) is 6.21. The van der Waals surface area contributed by atoms with E-state index in [4.69, 9.17) is 4.74 Å². The molecule has 1 amide bonds. The first-order chi connectivity index (χ1) is 10.7. The molecule has 0 saturated heterocycles. The summed E-state index contributed by atoms with van der Waals surface area (Å²) in [7, 11) is 1.44. The molecule has 1 aromatic carbocycles. The minimum atomic E-state index is -2.94. The number of allylic oxidation sites excluding steroid dienone is 1. The Morgan fingerprint density at radius 2 is 2.09 bits per heavy atom. The summed E-state index contributed by atoms with van der Waals surface area (Å²) in [5.74, 6) is -0.457. The van der Waals surface area contributed by atoms with Crippen LogP contribution in [-0.4, -0.2) is 43.5 Å². The fourth-order valence-corrected chi connectivity index (χ4v) is 1.96. The summed E-state index contributed by atoms with van der Waals surface area (Å²) in [4.78, 5) is 11.9. The summed E-state index contributed by atoms with van der Waals surface area (Å²) >= 11 is 0. The number of alkyl halides is 2. The number of para-hydroxylation sites is 1. The van der Waals surface area contributed by atoms with Crippen molar-refractivity contribution in [1.82, 2.24) is 5.32 Å². The molecule has 0 heterocycles. The minimum Gasteiger partial charge on any atom is -0.434 e. The predicted octanol–water partition coefficient (Wildman–Crippen LogP) is 2.20. The first-order valence-electron chi connectivity index (χ1n) is 6.97. The summed E-state index contributed by atoms with van der Waals surface area (Å²) in [6.07, 6.45) is 1.26. The number of carbonyl (C=O) groups is 1. The van der Waals surface area contributed by atoms with Crippen molar-refractivity contribution in [3.05, 3.63) is 35.9 Å². The largest absolute Gasteiger partial charge is 0.434 e. The van der Waals surface area contributed by atoms with Gasteiger partial charge in [0.2, 0.25) is 5.91 Å². The number of amides is 1. The van der Waals surface area contributed by atoms with Gasteiger partial charge >= 0.3 is 6.61 Å². The average molecular weight is 329 g/mol. The van der Waals surface area contributed by atoms with E-state index in [1.165, 1.54) is 26.2 Å². The van der Waals surface area contributed by atoms with Crippen LogP contribution < -0.4 is 10.1 Å². The Morgan fingerprint density at radius 3 is 2.70 bits per heavy atom. The van der Waals surface area contributed by atoms with Gasteiger partial charge in [-0.15, -0.1) is 0 Å². The Bertz CT molecular complexity index is 559. The van der Waals surface area contributed by atoms with E-state index in [9.17, 15) is 18.7 Å². The number of methoxy groups -OCH3 is 1. The quantitative estimate of drug-likeness (QED) is 0.718. The predicted molar refractivity (Wildman–Crippen MR) is 82.2 cm³/mol. The van der Waals surface area contributed by atoms with Gasteiger partial charge in [0.1, 0.15) is 11.4 Å². The Morgan fingerprint density at radius 1 is 1.43 bits per heavy atom. The first-order valence-corrected chi connectivity index (χ1v) is 6.97. The lowest BCUT2D eigenvalue weighted by molar-refractivity contribution is -0.118. The van der Waals surface area contributed by atoms with Crippen molar-refractivity contribution in [3.8, 4) is 5.75 Å². The Hall–Kier alpha value is -1.99. The van der Waals surface area contributed by atoms with Crippen LogP contribution >= 0.6 is 0 Å². The monoisotopic (exact) mass is 329 g/mol. The van der Waals surface area contributed by atoms with Crippen LogP contribution in [-0.2, 0) is 9.53 Å². The van der Waals surface area contributed by atoms with Gasteiger partial charge in [-0.3, -0.25) is 4.79 Å². The van der Waals surface area contributed by atoms with E-state index in [2.05, 4.69) is 10.1 Å². The van der Waals surface area contributed by atoms with Crippen molar-refractivity contribution in [2.75, 3.05) is 20.3 Å². The first kappa shape index (κ1) is 19.1. The van der Waals surface area contributed by atoms with E-state index in [-0.39, 0.29) is 18.9 Å². The number of halogens is 2. The minimum absolute atomic E-state index is 0.00135. The van der Waals surface area contributed by atoms with Crippen LogP contribution in [0.4, 0.5) is 8.78 Å². The fraction of sp³-hybridized carbons (Fsp3) is 0.438. The van der Waals surface area contributed by atoms with E-state index < -0.39 is 18.1 Å². The summed E-state index contributed by atoms with van der Waals surface area (Å²) in [5, 5.41) is 12.4. The number of carbonyl (C=O) groups excluding carboxylic acids is 1. The van der Waals surface area contributed by atoms with E-state index in [0.29, 0.717) is 11.1 Å². The second-order valence-electron chi connectivity index (χ2n) is 5.35. The number of hydrogen-bond donors (Lipinski definition) is 2. The topological polar surface area (TPSA) is 67.8 Å². The van der Waals surface area contributed by atoms with Gasteiger partial charge in [0.25, 0.3) is 0 Å². The lowest BCUT2D eigenvalue weighted by atomic mass is 10.1. The zero-order chi connectivity index (χ0) is 17.5. The van der Waals surface area contributed by atoms with Crippen LogP contribution in [0.25, 0.3) is 5.57 Å². The standard InChI is InChI=1S/C16H21F2NO4/c1-11(8-14(20)19-9-16(2,21)10-22-3)12-6-4-5-7-13(12)23-15(17)18/h4-8,15,21H,9-10H2,1-3H3,(H,19,20)/b11-8+. The molecule has 1 rings (SSSR count). The van der Waals surface area contributed by atoms with Crippen molar-refractivity contribution < 1.29 is 28.2 Å². The van der Waals surface area contributed by atoms with E-state index in [1.54, 1.807) is 25.1 Å². The normalized spacial score (nSPS) is 14.5. The van der Waals surface area contributed by atoms with Crippen LogP contribution in [0.15, 0.2) is 30.3 Å². The van der Waals surface area contributed by atoms with Crippen molar-refractivity contribution >= 4 is 11.5 Å². The van der Waals surface area contributed by atoms with Gasteiger partial charge in [-0.1, -0.05) is 18.2 Å². The second kappa shape index (κ2) is 8.59. The highest BCUT2D eigenvalue weighted by molar-refractivity contribution is 5.95. The van der Waals surface area contributed by atoms with Crippen LogP contribution in [0.3, 0.4) is 0 Å². The second-order valence-corrected chi connectivity index (χ2v) is 5.35. The van der Waals surface area contributed by atoms with E-state index >= 15 is 0 Å². The maximum Gasteiger partial charge on any atom is 0.387 e. The van der Waals surface area contributed by atoms with Crippen LogP contribution in [0.2, 0.25) is 0 Å². The third-order valence-corrected chi connectivity index (χ3v) is 2.97. The molecule has 0 spiro atoms. The number of nitrogens with one attached hydrogen (secondary N) is 1. The molecule has 0 aromatic heterocycles. The van der Waals surface area contributed by atoms with Crippen molar-refractivity contribution in [2.45, 2.75) is 26.1 Å². The maximum atomic E-state index is 12.4. The molecule has 0 aliphatic heterocycles. The number of benzene rings is 1. The van der Waals surface area contributed by atoms with Gasteiger partial charge < -0.3 is 19.9 Å². The highest BCUT2D eigenvalue weighted by Crippen LogP contribution is 2.26. The molecule has 0 saturated carbocycles. The molecule has 128 valence electrons. The molecule has 0 aliphatic carbocycles. The number of aliphatic hydroxyl groups is 1. The third kappa shape index (κ3) is 6.75. The van der Waals surface area contributed by atoms with Crippen LogP contribution in [0.5, 0.6) is 5.75 Å². The lowest BCUT2D eigenvalue weighted by Gasteiger charge is -2.22. The SMILES string of the molecule is COCC(C)(O)CNC(=O)/C=C(\C)c1ccccc1OC(F)F. The maximum absolute atomic E-state index is 12.4. The molecule has 0 bridgehead atoms. The molecule has 2 N–H and O–H groups in total. The van der Waals surface area contributed by atoms with Crippen molar-refractivity contribution in [3.63, 3.8) is 0 Å². The zero-order valence-corrected chi connectivity index (χ0v) is 13.3. The Balaban J connectivity index is 2.78. The van der Waals surface area contributed by atoms with Gasteiger partial charge in [0.05, 0.1) is 6.61 Å². The lowest BCUT2D eigenvalue weighted by Crippen LogP contribution is -2.43. The number of ether oxygens (including phenoxy) is 2. The highest BCUT2D eigenvalue weighted by atomic mass is 19.3. The molecule has 1 aromatic rings. The average Bonchev–Trinajstić information content (AvgIpc) is 2.45. The molecule has 7 heteroatoms.